The summed E-state index contributed by atoms with van der Waals surface area (Å²) in [5.41, 5.74) is 2.07. The van der Waals surface area contributed by atoms with E-state index in [1.807, 2.05) is 72.3 Å². The van der Waals surface area contributed by atoms with Crippen molar-refractivity contribution in [3.05, 3.63) is 54.1 Å². The van der Waals surface area contributed by atoms with Gasteiger partial charge in [-0.15, -0.1) is 0 Å². The summed E-state index contributed by atoms with van der Waals surface area (Å²) in [5.74, 6) is 0.399. The second-order valence-corrected chi connectivity index (χ2v) is 11.5. The fourth-order valence-electron chi connectivity index (χ4n) is 6.00. The number of carbonyl (C=O) groups is 3. The van der Waals surface area contributed by atoms with E-state index in [4.69, 9.17) is 4.74 Å². The van der Waals surface area contributed by atoms with E-state index in [-0.39, 0.29) is 36.3 Å². The summed E-state index contributed by atoms with van der Waals surface area (Å²) >= 11 is 0. The van der Waals surface area contributed by atoms with Gasteiger partial charge in [0.25, 0.3) is 0 Å². The van der Waals surface area contributed by atoms with Gasteiger partial charge in [-0.1, -0.05) is 18.2 Å². The van der Waals surface area contributed by atoms with Crippen LogP contribution in [0.15, 0.2) is 48.5 Å². The van der Waals surface area contributed by atoms with Gasteiger partial charge in [-0.3, -0.25) is 19.7 Å². The van der Waals surface area contributed by atoms with Crippen LogP contribution in [0.1, 0.15) is 50.5 Å². The van der Waals surface area contributed by atoms with Crippen LogP contribution in [0.2, 0.25) is 0 Å². The number of hydrogen-bond donors (Lipinski definition) is 2. The molecule has 3 heterocycles. The van der Waals surface area contributed by atoms with Crippen molar-refractivity contribution in [2.24, 2.45) is 0 Å². The zero-order valence-electron chi connectivity index (χ0n) is 23.5. The van der Waals surface area contributed by atoms with Gasteiger partial charge in [0.1, 0.15) is 17.9 Å². The Kier molecular flexibility index (Phi) is 8.30. The first kappa shape index (κ1) is 28.0. The standard InChI is InChI=1S/C31H40N4O5/c1-22-5-3-8-26(19-22)40-25-11-15-35(16-12-25)29(37)21-31(39)13-17-34(18-14-31)24-7-4-6-23(20-24)33(2)27-9-10-28(36)32-30(27)38/h3-8,19-20,25,27,39H,9-18,21H2,1-2H3,(H,32,36,38). The number of nitrogens with zero attached hydrogens (tertiary/aromatic N) is 3. The van der Waals surface area contributed by atoms with E-state index in [0.29, 0.717) is 51.9 Å². The molecule has 9 heteroatoms. The van der Waals surface area contributed by atoms with E-state index in [1.165, 1.54) is 0 Å². The van der Waals surface area contributed by atoms with E-state index in [9.17, 15) is 19.5 Å². The molecule has 0 aliphatic carbocycles. The van der Waals surface area contributed by atoms with E-state index in [0.717, 1.165) is 35.5 Å². The van der Waals surface area contributed by atoms with Crippen molar-refractivity contribution < 1.29 is 24.2 Å². The Hall–Kier alpha value is -3.59. The molecular weight excluding hydrogens is 508 g/mol. The minimum atomic E-state index is -1.01. The maximum Gasteiger partial charge on any atom is 0.249 e. The van der Waals surface area contributed by atoms with E-state index >= 15 is 0 Å². The third-order valence-electron chi connectivity index (χ3n) is 8.54. The Labute approximate surface area is 236 Å². The zero-order valence-corrected chi connectivity index (χ0v) is 23.5. The molecule has 214 valence electrons. The molecule has 3 fully saturated rings. The summed E-state index contributed by atoms with van der Waals surface area (Å²) in [6, 6.07) is 15.7. The molecule has 0 saturated carbocycles. The monoisotopic (exact) mass is 548 g/mol. The zero-order chi connectivity index (χ0) is 28.3. The lowest BCUT2D eigenvalue weighted by Gasteiger charge is -2.41. The fraction of sp³-hybridized carbons (Fsp3) is 0.516. The van der Waals surface area contributed by atoms with Crippen molar-refractivity contribution in [1.82, 2.24) is 10.2 Å². The summed E-state index contributed by atoms with van der Waals surface area (Å²) in [5, 5.41) is 13.7. The first-order valence-corrected chi connectivity index (χ1v) is 14.3. The van der Waals surface area contributed by atoms with E-state index in [1.54, 1.807) is 0 Å². The molecule has 2 aromatic carbocycles. The molecule has 5 rings (SSSR count). The minimum absolute atomic E-state index is 0.0119. The van der Waals surface area contributed by atoms with Gasteiger partial charge in [0.05, 0.1) is 12.0 Å². The summed E-state index contributed by atoms with van der Waals surface area (Å²) in [6.07, 6.45) is 3.67. The van der Waals surface area contributed by atoms with Gasteiger partial charge in [0.15, 0.2) is 0 Å². The largest absolute Gasteiger partial charge is 0.490 e. The Bertz CT molecular complexity index is 1230. The number of aliphatic hydroxyl groups is 1. The summed E-state index contributed by atoms with van der Waals surface area (Å²) in [7, 11) is 1.87. The van der Waals surface area contributed by atoms with Gasteiger partial charge in [-0.25, -0.2) is 0 Å². The third-order valence-corrected chi connectivity index (χ3v) is 8.54. The molecular formula is C31H40N4O5. The number of carbonyl (C=O) groups excluding carboxylic acids is 3. The van der Waals surface area contributed by atoms with Crippen molar-refractivity contribution in [2.45, 2.75) is 69.6 Å². The Morgan fingerprint density at radius 1 is 1.05 bits per heavy atom. The number of likely N-dealkylation sites (N-methyl/N-ethyl adjacent to an activating group) is 1. The Balaban J connectivity index is 1.11. The van der Waals surface area contributed by atoms with Crippen molar-refractivity contribution in [1.29, 1.82) is 0 Å². The number of ether oxygens (including phenoxy) is 1. The molecule has 9 nitrogen and oxygen atoms in total. The van der Waals surface area contributed by atoms with Crippen LogP contribution in [-0.2, 0) is 14.4 Å². The SMILES string of the molecule is Cc1cccc(OC2CCN(C(=O)CC3(O)CCN(c4cccc(N(C)C5CCC(=O)NC5=O)c4)CC3)CC2)c1. The summed E-state index contributed by atoms with van der Waals surface area (Å²) in [6.45, 7) is 4.61. The van der Waals surface area contributed by atoms with Crippen molar-refractivity contribution in [3.63, 3.8) is 0 Å². The molecule has 3 aliphatic heterocycles. The summed E-state index contributed by atoms with van der Waals surface area (Å²) in [4.78, 5) is 43.0. The molecule has 3 saturated heterocycles. The first-order valence-electron chi connectivity index (χ1n) is 14.3. The van der Waals surface area contributed by atoms with Crippen LogP contribution in [-0.4, -0.2) is 78.7 Å². The molecule has 0 aromatic heterocycles. The number of aryl methyl sites for hydroxylation is 1. The van der Waals surface area contributed by atoms with Gasteiger partial charge < -0.3 is 24.5 Å². The fourth-order valence-corrected chi connectivity index (χ4v) is 6.00. The normalized spacial score (nSPS) is 21.6. The number of hydrogen-bond acceptors (Lipinski definition) is 7. The van der Waals surface area contributed by atoms with Crippen LogP contribution in [0.4, 0.5) is 11.4 Å². The number of imide groups is 1. The number of anilines is 2. The molecule has 3 aliphatic rings. The first-order chi connectivity index (χ1) is 19.2. The molecule has 3 amide bonds. The molecule has 40 heavy (non-hydrogen) atoms. The molecule has 2 aromatic rings. The van der Waals surface area contributed by atoms with E-state index < -0.39 is 5.60 Å². The van der Waals surface area contributed by atoms with Crippen LogP contribution in [0, 0.1) is 6.92 Å². The van der Waals surface area contributed by atoms with Crippen molar-refractivity contribution >= 4 is 29.1 Å². The van der Waals surface area contributed by atoms with Crippen LogP contribution < -0.4 is 19.9 Å². The van der Waals surface area contributed by atoms with Crippen LogP contribution in [0.5, 0.6) is 5.75 Å². The number of amides is 3. The van der Waals surface area contributed by atoms with Gasteiger partial charge >= 0.3 is 0 Å². The highest BCUT2D eigenvalue weighted by atomic mass is 16.5. The third kappa shape index (κ3) is 6.58. The van der Waals surface area contributed by atoms with Crippen molar-refractivity contribution in [2.75, 3.05) is 43.0 Å². The highest BCUT2D eigenvalue weighted by Crippen LogP contribution is 2.32. The lowest BCUT2D eigenvalue weighted by atomic mass is 9.87. The lowest BCUT2D eigenvalue weighted by Crippen LogP contribution is -2.51. The van der Waals surface area contributed by atoms with Crippen LogP contribution >= 0.6 is 0 Å². The molecule has 2 N–H and O–H groups in total. The second kappa shape index (κ2) is 11.9. The molecule has 0 bridgehead atoms. The van der Waals surface area contributed by atoms with Gasteiger partial charge in [-0.2, -0.15) is 0 Å². The number of piperidine rings is 3. The average molecular weight is 549 g/mol. The average Bonchev–Trinajstić information content (AvgIpc) is 2.93. The number of benzene rings is 2. The van der Waals surface area contributed by atoms with Gasteiger partial charge in [0.2, 0.25) is 17.7 Å². The molecule has 0 spiro atoms. The predicted octanol–water partition coefficient (Wildman–Crippen LogP) is 3.03. The Morgan fingerprint density at radius 2 is 1.77 bits per heavy atom. The molecule has 1 unspecified atom stereocenters. The predicted molar refractivity (Wildman–Crippen MR) is 153 cm³/mol. The van der Waals surface area contributed by atoms with Crippen LogP contribution in [0.3, 0.4) is 0 Å². The maximum atomic E-state index is 13.1. The smallest absolute Gasteiger partial charge is 0.249 e. The highest BCUT2D eigenvalue weighted by Gasteiger charge is 2.37. The maximum absolute atomic E-state index is 13.1. The number of likely N-dealkylation sites (tertiary alicyclic amines) is 1. The number of nitrogens with one attached hydrogen (secondary N) is 1. The van der Waals surface area contributed by atoms with Crippen molar-refractivity contribution in [3.8, 4) is 5.75 Å². The minimum Gasteiger partial charge on any atom is -0.490 e. The topological polar surface area (TPSA) is 102 Å². The van der Waals surface area contributed by atoms with Gasteiger partial charge in [-0.05, 0) is 62.1 Å². The molecule has 1 atom stereocenters. The Morgan fingerprint density at radius 3 is 2.48 bits per heavy atom. The quantitative estimate of drug-likeness (QED) is 0.513. The lowest BCUT2D eigenvalue weighted by molar-refractivity contribution is -0.139. The number of rotatable bonds is 7. The van der Waals surface area contributed by atoms with Gasteiger partial charge in [0, 0.05) is 63.9 Å². The summed E-state index contributed by atoms with van der Waals surface area (Å²) < 4.78 is 6.13. The molecule has 0 radical (unpaired) electrons. The van der Waals surface area contributed by atoms with E-state index in [2.05, 4.69) is 10.2 Å². The second-order valence-electron chi connectivity index (χ2n) is 11.5. The highest BCUT2D eigenvalue weighted by molar-refractivity contribution is 6.01. The van der Waals surface area contributed by atoms with Crippen LogP contribution in [0.25, 0.3) is 0 Å².